The van der Waals surface area contributed by atoms with Crippen LogP contribution in [0.5, 0.6) is 0 Å². The third-order valence-electron chi connectivity index (χ3n) is 2.48. The summed E-state index contributed by atoms with van der Waals surface area (Å²) in [6.45, 7) is 1.60. The first-order valence-electron chi connectivity index (χ1n) is 5.51. The third-order valence-corrected chi connectivity index (χ3v) is 2.77. The van der Waals surface area contributed by atoms with Gasteiger partial charge in [0.15, 0.2) is 6.29 Å². The molecule has 100 valence electrons. The minimum Gasteiger partial charge on any atom is -0.337 e. The van der Waals surface area contributed by atoms with Crippen LogP contribution in [0.15, 0.2) is 18.2 Å². The number of carbonyl (C=O) groups is 1. The molecule has 1 aromatic heterocycles. The van der Waals surface area contributed by atoms with Gasteiger partial charge in [-0.3, -0.25) is 4.79 Å². The van der Waals surface area contributed by atoms with Gasteiger partial charge in [0, 0.05) is 0 Å². The maximum absolute atomic E-state index is 13.8. The van der Waals surface area contributed by atoms with E-state index in [9.17, 15) is 9.18 Å². The number of anilines is 2. The van der Waals surface area contributed by atoms with Crippen molar-refractivity contribution in [3.05, 3.63) is 46.1 Å². The average molecular weight is 291 g/mol. The Morgan fingerprint density at radius 2 is 2.20 bits per heavy atom. The standard InChI is InChI=1S/C13H8ClFN4O/c1-7-17-12(14)9(6-20)13(18-7)19-11-3-2-8(5-16)4-10(11)15/h2-4,6H,1H3,(H,17,18,19). The second-order valence-electron chi connectivity index (χ2n) is 3.87. The van der Waals surface area contributed by atoms with E-state index in [1.807, 2.05) is 6.07 Å². The summed E-state index contributed by atoms with van der Waals surface area (Å²) in [5.74, 6) is -0.174. The van der Waals surface area contributed by atoms with Gasteiger partial charge >= 0.3 is 0 Å². The highest BCUT2D eigenvalue weighted by Gasteiger charge is 2.13. The SMILES string of the molecule is Cc1nc(Cl)c(C=O)c(Nc2ccc(C#N)cc2F)n1. The number of nitrogens with zero attached hydrogens (tertiary/aromatic N) is 3. The predicted molar refractivity (Wildman–Crippen MR) is 71.6 cm³/mol. The molecule has 0 saturated carbocycles. The quantitative estimate of drug-likeness (QED) is 0.694. The van der Waals surface area contributed by atoms with Crippen molar-refractivity contribution in [1.29, 1.82) is 5.26 Å². The van der Waals surface area contributed by atoms with Crippen LogP contribution in [0.4, 0.5) is 15.9 Å². The Labute approximate surface area is 119 Å². The van der Waals surface area contributed by atoms with Gasteiger partial charge in [0.25, 0.3) is 0 Å². The van der Waals surface area contributed by atoms with Crippen molar-refractivity contribution >= 4 is 29.4 Å². The van der Waals surface area contributed by atoms with Crippen LogP contribution in [0.3, 0.4) is 0 Å². The molecule has 0 unspecified atom stereocenters. The molecule has 0 bridgehead atoms. The molecule has 0 aliphatic rings. The van der Waals surface area contributed by atoms with Crippen LogP contribution >= 0.6 is 11.6 Å². The fraction of sp³-hybridized carbons (Fsp3) is 0.0769. The fourth-order valence-corrected chi connectivity index (χ4v) is 1.82. The van der Waals surface area contributed by atoms with Gasteiger partial charge in [-0.25, -0.2) is 14.4 Å². The largest absolute Gasteiger partial charge is 0.337 e. The van der Waals surface area contributed by atoms with Crippen LogP contribution < -0.4 is 5.32 Å². The monoisotopic (exact) mass is 290 g/mol. The highest BCUT2D eigenvalue weighted by atomic mass is 35.5. The minimum absolute atomic E-state index is 0.0101. The number of aryl methyl sites for hydroxylation is 1. The molecular weight excluding hydrogens is 283 g/mol. The van der Waals surface area contributed by atoms with Gasteiger partial charge in [-0.1, -0.05) is 11.6 Å². The molecule has 0 saturated heterocycles. The highest BCUT2D eigenvalue weighted by molar-refractivity contribution is 6.32. The zero-order chi connectivity index (χ0) is 14.7. The van der Waals surface area contributed by atoms with E-state index >= 15 is 0 Å². The molecule has 1 heterocycles. The molecule has 0 atom stereocenters. The van der Waals surface area contributed by atoms with Gasteiger partial charge in [0.1, 0.15) is 22.6 Å². The summed E-state index contributed by atoms with van der Waals surface area (Å²) in [7, 11) is 0. The molecule has 2 aromatic rings. The lowest BCUT2D eigenvalue weighted by Crippen LogP contribution is -2.04. The van der Waals surface area contributed by atoms with E-state index in [2.05, 4.69) is 15.3 Å². The number of aromatic nitrogens is 2. The first kappa shape index (κ1) is 13.9. The number of hydrogen-bond donors (Lipinski definition) is 1. The average Bonchev–Trinajstić information content (AvgIpc) is 2.40. The molecule has 7 heteroatoms. The van der Waals surface area contributed by atoms with Crippen molar-refractivity contribution in [3.8, 4) is 6.07 Å². The van der Waals surface area contributed by atoms with Gasteiger partial charge in [-0.05, 0) is 25.1 Å². The van der Waals surface area contributed by atoms with E-state index in [1.54, 1.807) is 6.92 Å². The molecule has 20 heavy (non-hydrogen) atoms. The summed E-state index contributed by atoms with van der Waals surface area (Å²) in [6.07, 6.45) is 0.492. The molecular formula is C13H8ClFN4O. The Morgan fingerprint density at radius 1 is 1.45 bits per heavy atom. The summed E-state index contributed by atoms with van der Waals surface area (Å²) in [5, 5.41) is 11.3. The Kier molecular flexibility index (Phi) is 3.91. The maximum Gasteiger partial charge on any atom is 0.156 e. The molecule has 0 amide bonds. The number of nitrogens with one attached hydrogen (secondary N) is 1. The topological polar surface area (TPSA) is 78.7 Å². The van der Waals surface area contributed by atoms with Crippen LogP contribution in [0.1, 0.15) is 21.7 Å². The summed E-state index contributed by atoms with van der Waals surface area (Å²) in [5.41, 5.74) is 0.322. The summed E-state index contributed by atoms with van der Waals surface area (Å²) in [6, 6.07) is 5.74. The van der Waals surface area contributed by atoms with Crippen molar-refractivity contribution in [2.75, 3.05) is 5.32 Å². The first-order chi connectivity index (χ1) is 9.55. The molecule has 0 spiro atoms. The van der Waals surface area contributed by atoms with E-state index in [0.29, 0.717) is 12.1 Å². The Hall–Kier alpha value is -2.52. The summed E-state index contributed by atoms with van der Waals surface area (Å²) < 4.78 is 13.8. The molecule has 5 nitrogen and oxygen atoms in total. The van der Waals surface area contributed by atoms with Crippen molar-refractivity contribution < 1.29 is 9.18 Å². The highest BCUT2D eigenvalue weighted by Crippen LogP contribution is 2.24. The van der Waals surface area contributed by atoms with Gasteiger partial charge in [0.2, 0.25) is 0 Å². The Bertz CT molecular complexity index is 727. The third kappa shape index (κ3) is 2.73. The predicted octanol–water partition coefficient (Wildman–Crippen LogP) is 3.01. The molecule has 0 aliphatic heterocycles. The number of benzene rings is 1. The Morgan fingerprint density at radius 3 is 2.80 bits per heavy atom. The van der Waals surface area contributed by atoms with E-state index in [1.165, 1.54) is 12.1 Å². The normalized spacial score (nSPS) is 9.90. The molecule has 1 N–H and O–H groups in total. The zero-order valence-corrected chi connectivity index (χ0v) is 11.1. The fourth-order valence-electron chi connectivity index (χ4n) is 1.56. The first-order valence-corrected chi connectivity index (χ1v) is 5.89. The van der Waals surface area contributed by atoms with Crippen LogP contribution in [0.25, 0.3) is 0 Å². The molecule has 2 rings (SSSR count). The molecule has 1 aromatic carbocycles. The van der Waals surface area contributed by atoms with Crippen LogP contribution in [-0.2, 0) is 0 Å². The lowest BCUT2D eigenvalue weighted by Gasteiger charge is -2.10. The number of nitriles is 1. The molecule has 0 fully saturated rings. The number of aldehydes is 1. The summed E-state index contributed by atoms with van der Waals surface area (Å²) >= 11 is 5.83. The lowest BCUT2D eigenvalue weighted by molar-refractivity contribution is 0.112. The van der Waals surface area contributed by atoms with Crippen molar-refractivity contribution in [2.24, 2.45) is 0 Å². The number of halogens is 2. The summed E-state index contributed by atoms with van der Waals surface area (Å²) in [4.78, 5) is 18.9. The maximum atomic E-state index is 13.8. The van der Waals surface area contributed by atoms with Crippen molar-refractivity contribution in [1.82, 2.24) is 9.97 Å². The van der Waals surface area contributed by atoms with Gasteiger partial charge in [-0.15, -0.1) is 0 Å². The molecule has 0 radical (unpaired) electrons. The minimum atomic E-state index is -0.631. The van der Waals surface area contributed by atoms with E-state index in [4.69, 9.17) is 16.9 Å². The van der Waals surface area contributed by atoms with E-state index in [-0.39, 0.29) is 27.8 Å². The van der Waals surface area contributed by atoms with E-state index in [0.717, 1.165) is 6.07 Å². The van der Waals surface area contributed by atoms with Gasteiger partial charge in [0.05, 0.1) is 22.9 Å². The number of rotatable bonds is 3. The second kappa shape index (κ2) is 5.63. The van der Waals surface area contributed by atoms with Crippen LogP contribution in [-0.4, -0.2) is 16.3 Å². The van der Waals surface area contributed by atoms with Crippen molar-refractivity contribution in [2.45, 2.75) is 6.92 Å². The van der Waals surface area contributed by atoms with E-state index < -0.39 is 5.82 Å². The second-order valence-corrected chi connectivity index (χ2v) is 4.23. The number of hydrogen-bond acceptors (Lipinski definition) is 5. The molecule has 0 aliphatic carbocycles. The van der Waals surface area contributed by atoms with Crippen LogP contribution in [0.2, 0.25) is 5.15 Å². The smallest absolute Gasteiger partial charge is 0.156 e. The van der Waals surface area contributed by atoms with Crippen molar-refractivity contribution in [3.63, 3.8) is 0 Å². The lowest BCUT2D eigenvalue weighted by atomic mass is 10.2. The number of carbonyl (C=O) groups excluding carboxylic acids is 1. The Balaban J connectivity index is 2.45. The zero-order valence-electron chi connectivity index (χ0n) is 10.3. The van der Waals surface area contributed by atoms with Crippen LogP contribution in [0, 0.1) is 24.1 Å². The van der Waals surface area contributed by atoms with Gasteiger partial charge < -0.3 is 5.32 Å². The van der Waals surface area contributed by atoms with Gasteiger partial charge in [-0.2, -0.15) is 5.26 Å².